The van der Waals surface area contributed by atoms with Crippen molar-refractivity contribution in [2.75, 3.05) is 13.2 Å². The van der Waals surface area contributed by atoms with Crippen molar-refractivity contribution >= 4 is 17.1 Å². The number of imidazole rings is 2. The summed E-state index contributed by atoms with van der Waals surface area (Å²) in [5, 5.41) is 2.97. The van der Waals surface area contributed by atoms with Gasteiger partial charge in [-0.2, -0.15) is 0 Å². The van der Waals surface area contributed by atoms with Crippen LogP contribution in [-0.2, 0) is 11.3 Å². The summed E-state index contributed by atoms with van der Waals surface area (Å²) in [6.07, 6.45) is 9.06. The summed E-state index contributed by atoms with van der Waals surface area (Å²) in [4.78, 5) is 25.9. The third-order valence-corrected chi connectivity index (χ3v) is 5.75. The number of aromatic nitrogens is 5. The maximum absolute atomic E-state index is 12.7. The lowest BCUT2D eigenvalue weighted by molar-refractivity contribution is 0.0704. The van der Waals surface area contributed by atoms with E-state index >= 15 is 0 Å². The molecule has 4 aromatic rings. The first-order chi connectivity index (χ1) is 15.2. The second kappa shape index (κ2) is 8.31. The van der Waals surface area contributed by atoms with E-state index in [0.717, 1.165) is 54.3 Å². The van der Waals surface area contributed by atoms with E-state index < -0.39 is 0 Å². The number of carbonyl (C=O) groups is 1. The van der Waals surface area contributed by atoms with Crippen LogP contribution in [0.5, 0.6) is 0 Å². The first-order valence-corrected chi connectivity index (χ1v) is 10.5. The number of nitrogens with zero attached hydrogens (tertiary/aromatic N) is 5. The number of amides is 1. The Morgan fingerprint density at radius 1 is 1.16 bits per heavy atom. The molecule has 0 aliphatic carbocycles. The van der Waals surface area contributed by atoms with Crippen molar-refractivity contribution in [1.29, 1.82) is 0 Å². The van der Waals surface area contributed by atoms with Gasteiger partial charge in [-0.3, -0.25) is 4.79 Å². The topological polar surface area (TPSA) is 86.9 Å². The van der Waals surface area contributed by atoms with E-state index in [1.807, 2.05) is 48.3 Å². The average Bonchev–Trinajstić information content (AvgIpc) is 3.44. The maximum atomic E-state index is 12.7. The van der Waals surface area contributed by atoms with E-state index in [-0.39, 0.29) is 5.91 Å². The highest BCUT2D eigenvalue weighted by molar-refractivity contribution is 5.96. The molecule has 3 aromatic heterocycles. The van der Waals surface area contributed by atoms with Crippen LogP contribution < -0.4 is 5.32 Å². The van der Waals surface area contributed by atoms with Crippen molar-refractivity contribution < 1.29 is 9.53 Å². The molecule has 0 atom stereocenters. The van der Waals surface area contributed by atoms with Gasteiger partial charge in [-0.25, -0.2) is 15.0 Å². The third kappa shape index (κ3) is 3.94. The molecular weight excluding hydrogens is 392 g/mol. The van der Waals surface area contributed by atoms with Crippen LogP contribution in [0, 0.1) is 6.92 Å². The zero-order valence-electron chi connectivity index (χ0n) is 17.4. The van der Waals surface area contributed by atoms with Crippen molar-refractivity contribution in [3.05, 3.63) is 72.2 Å². The highest BCUT2D eigenvalue weighted by atomic mass is 16.5. The number of hydrogen-bond acceptors (Lipinski definition) is 5. The number of aryl methyl sites for hydroxylation is 1. The van der Waals surface area contributed by atoms with Crippen molar-refractivity contribution in [2.24, 2.45) is 0 Å². The van der Waals surface area contributed by atoms with Crippen molar-refractivity contribution in [3.63, 3.8) is 0 Å². The minimum atomic E-state index is -0.162. The summed E-state index contributed by atoms with van der Waals surface area (Å²) in [5.41, 5.74) is 4.12. The summed E-state index contributed by atoms with van der Waals surface area (Å²) in [6, 6.07) is 10.2. The minimum Gasteiger partial charge on any atom is -0.381 e. The molecule has 8 heteroatoms. The van der Waals surface area contributed by atoms with Gasteiger partial charge in [0.2, 0.25) is 0 Å². The van der Waals surface area contributed by atoms with Crippen LogP contribution in [0.1, 0.15) is 40.6 Å². The van der Waals surface area contributed by atoms with Crippen LogP contribution in [0.4, 0.5) is 0 Å². The molecule has 1 amide bonds. The van der Waals surface area contributed by atoms with Crippen LogP contribution in [0.25, 0.3) is 16.9 Å². The number of fused-ring (bicyclic) bond motifs is 1. The molecule has 1 aromatic carbocycles. The van der Waals surface area contributed by atoms with Gasteiger partial charge in [0.15, 0.2) is 5.65 Å². The predicted molar refractivity (Wildman–Crippen MR) is 116 cm³/mol. The zero-order valence-corrected chi connectivity index (χ0v) is 17.4. The second-order valence-corrected chi connectivity index (χ2v) is 7.76. The standard InChI is InChI=1S/C23H24N6O2/c1-16-24-8-9-28(16)19-4-2-17(3-5-19)13-26-23(30)18-12-21-22(25-14-18)29(15-27-21)20-6-10-31-11-7-20/h2-5,8-9,12,14-15,20H,6-7,10-11,13H2,1H3,(H,26,30). The Kier molecular flexibility index (Phi) is 5.21. The monoisotopic (exact) mass is 416 g/mol. The smallest absolute Gasteiger partial charge is 0.253 e. The summed E-state index contributed by atoms with van der Waals surface area (Å²) in [5.74, 6) is 0.771. The van der Waals surface area contributed by atoms with Crippen molar-refractivity contribution in [3.8, 4) is 5.69 Å². The number of nitrogens with one attached hydrogen (secondary N) is 1. The Bertz CT molecular complexity index is 1200. The van der Waals surface area contributed by atoms with E-state index in [1.54, 1.807) is 18.5 Å². The molecule has 5 rings (SSSR count). The largest absolute Gasteiger partial charge is 0.381 e. The summed E-state index contributed by atoms with van der Waals surface area (Å²) in [6.45, 7) is 3.92. The normalized spacial score (nSPS) is 14.7. The Morgan fingerprint density at radius 2 is 1.97 bits per heavy atom. The highest BCUT2D eigenvalue weighted by Gasteiger charge is 2.19. The van der Waals surface area contributed by atoms with Gasteiger partial charge in [-0.15, -0.1) is 0 Å². The van der Waals surface area contributed by atoms with Crippen molar-refractivity contribution in [2.45, 2.75) is 32.4 Å². The summed E-state index contributed by atoms with van der Waals surface area (Å²) >= 11 is 0. The molecule has 31 heavy (non-hydrogen) atoms. The molecule has 0 radical (unpaired) electrons. The first-order valence-electron chi connectivity index (χ1n) is 10.5. The predicted octanol–water partition coefficient (Wildman–Crippen LogP) is 3.21. The molecule has 0 bridgehead atoms. The SMILES string of the molecule is Cc1nccn1-c1ccc(CNC(=O)c2cnc3c(c2)ncn3C2CCOCC2)cc1. The fourth-order valence-corrected chi connectivity index (χ4v) is 3.98. The first kappa shape index (κ1) is 19.4. The van der Waals surface area contributed by atoms with Gasteiger partial charge in [0.1, 0.15) is 11.3 Å². The quantitative estimate of drug-likeness (QED) is 0.540. The molecule has 1 aliphatic rings. The molecule has 1 saturated heterocycles. The van der Waals surface area contributed by atoms with E-state index in [1.165, 1.54) is 0 Å². The summed E-state index contributed by atoms with van der Waals surface area (Å²) in [7, 11) is 0. The maximum Gasteiger partial charge on any atom is 0.253 e. The van der Waals surface area contributed by atoms with Crippen LogP contribution in [0.2, 0.25) is 0 Å². The number of hydrogen-bond donors (Lipinski definition) is 1. The average molecular weight is 416 g/mol. The van der Waals surface area contributed by atoms with E-state index in [0.29, 0.717) is 18.2 Å². The Morgan fingerprint density at radius 3 is 2.71 bits per heavy atom. The lowest BCUT2D eigenvalue weighted by Gasteiger charge is -2.23. The molecule has 0 spiro atoms. The molecule has 1 aliphatic heterocycles. The number of carbonyl (C=O) groups excluding carboxylic acids is 1. The molecule has 0 unspecified atom stereocenters. The molecular formula is C23H24N6O2. The van der Waals surface area contributed by atoms with E-state index in [2.05, 4.69) is 24.8 Å². The molecule has 158 valence electrons. The number of rotatable bonds is 5. The molecule has 1 fully saturated rings. The summed E-state index contributed by atoms with van der Waals surface area (Å²) < 4.78 is 9.56. The van der Waals surface area contributed by atoms with Gasteiger partial charge in [0, 0.05) is 50.1 Å². The van der Waals surface area contributed by atoms with Gasteiger partial charge in [-0.1, -0.05) is 12.1 Å². The van der Waals surface area contributed by atoms with Gasteiger partial charge in [0.05, 0.1) is 11.9 Å². The van der Waals surface area contributed by atoms with E-state index in [4.69, 9.17) is 4.74 Å². The van der Waals surface area contributed by atoms with Crippen molar-refractivity contribution in [1.82, 2.24) is 29.4 Å². The molecule has 4 heterocycles. The molecule has 1 N–H and O–H groups in total. The van der Waals surface area contributed by atoms with Crippen LogP contribution in [0.3, 0.4) is 0 Å². The lowest BCUT2D eigenvalue weighted by Crippen LogP contribution is -2.23. The van der Waals surface area contributed by atoms with Crippen LogP contribution >= 0.6 is 0 Å². The Hall–Kier alpha value is -3.52. The van der Waals surface area contributed by atoms with Crippen LogP contribution in [-0.4, -0.2) is 43.2 Å². The molecule has 8 nitrogen and oxygen atoms in total. The molecule has 0 saturated carbocycles. The van der Waals surface area contributed by atoms with Gasteiger partial charge in [-0.05, 0) is 43.5 Å². The fourth-order valence-electron chi connectivity index (χ4n) is 3.98. The minimum absolute atomic E-state index is 0.162. The zero-order chi connectivity index (χ0) is 21.2. The highest BCUT2D eigenvalue weighted by Crippen LogP contribution is 2.24. The number of ether oxygens (including phenoxy) is 1. The third-order valence-electron chi connectivity index (χ3n) is 5.75. The Labute approximate surface area is 179 Å². The van der Waals surface area contributed by atoms with Gasteiger partial charge >= 0.3 is 0 Å². The number of benzene rings is 1. The van der Waals surface area contributed by atoms with Gasteiger partial charge in [0.25, 0.3) is 5.91 Å². The second-order valence-electron chi connectivity index (χ2n) is 7.76. The van der Waals surface area contributed by atoms with Gasteiger partial charge < -0.3 is 19.2 Å². The number of pyridine rings is 1. The van der Waals surface area contributed by atoms with E-state index in [9.17, 15) is 4.79 Å². The van der Waals surface area contributed by atoms with Crippen LogP contribution in [0.15, 0.2) is 55.2 Å². The fraction of sp³-hybridized carbons (Fsp3) is 0.304. The lowest BCUT2D eigenvalue weighted by atomic mass is 10.1. The Balaban J connectivity index is 1.25.